The van der Waals surface area contributed by atoms with E-state index in [2.05, 4.69) is 15.1 Å². The van der Waals surface area contributed by atoms with Crippen molar-refractivity contribution in [2.45, 2.75) is 32.0 Å². The highest BCUT2D eigenvalue weighted by molar-refractivity contribution is 5.77. The molecule has 2 aromatic heterocycles. The van der Waals surface area contributed by atoms with Crippen LogP contribution >= 0.6 is 0 Å². The number of nitrogens with one attached hydrogen (secondary N) is 1. The van der Waals surface area contributed by atoms with Crippen molar-refractivity contribution >= 4 is 16.9 Å². The zero-order chi connectivity index (χ0) is 18.1. The van der Waals surface area contributed by atoms with Crippen molar-refractivity contribution in [3.8, 4) is 0 Å². The Kier molecular flexibility index (Phi) is 4.44. The number of rotatable bonds is 5. The molecule has 0 fully saturated rings. The Labute approximate surface area is 150 Å². The minimum absolute atomic E-state index is 0.0714. The van der Waals surface area contributed by atoms with Crippen LogP contribution in [0.25, 0.3) is 11.0 Å². The summed E-state index contributed by atoms with van der Waals surface area (Å²) in [6.07, 6.45) is -0.0250. The van der Waals surface area contributed by atoms with Gasteiger partial charge in [-0.15, -0.1) is 0 Å². The number of carbonyl (C=O) groups is 1. The molecule has 1 aromatic carbocycles. The van der Waals surface area contributed by atoms with E-state index >= 15 is 0 Å². The summed E-state index contributed by atoms with van der Waals surface area (Å²) < 4.78 is 1.79. The molecule has 3 aromatic rings. The second-order valence-electron chi connectivity index (χ2n) is 6.50. The Morgan fingerprint density at radius 3 is 2.96 bits per heavy atom. The van der Waals surface area contributed by atoms with Crippen LogP contribution in [-0.4, -0.2) is 53.9 Å². The number of para-hydroxylation sites is 2. The van der Waals surface area contributed by atoms with E-state index in [0.29, 0.717) is 38.2 Å². The Morgan fingerprint density at radius 1 is 1.31 bits per heavy atom. The number of H-pyrrole nitrogens is 1. The average molecular weight is 355 g/mol. The molecule has 26 heavy (non-hydrogen) atoms. The summed E-state index contributed by atoms with van der Waals surface area (Å²) in [5, 5.41) is 23.0. The number of benzene rings is 1. The van der Waals surface area contributed by atoms with E-state index in [9.17, 15) is 9.90 Å². The molecule has 8 heteroatoms. The summed E-state index contributed by atoms with van der Waals surface area (Å²) in [7, 11) is 0. The largest absolute Gasteiger partial charge is 0.393 e. The lowest BCUT2D eigenvalue weighted by Crippen LogP contribution is -2.38. The molecular weight excluding hydrogens is 334 g/mol. The molecule has 0 spiro atoms. The maximum absolute atomic E-state index is 12.6. The number of hydrogen-bond acceptors (Lipinski definition) is 5. The zero-order valence-electron chi connectivity index (χ0n) is 14.3. The van der Waals surface area contributed by atoms with Gasteiger partial charge in [0.2, 0.25) is 5.91 Å². The van der Waals surface area contributed by atoms with E-state index in [1.807, 2.05) is 24.3 Å². The lowest BCUT2D eigenvalue weighted by atomic mass is 10.2. The first-order chi connectivity index (χ1) is 12.6. The number of aryl methyl sites for hydroxylation is 1. The number of hydrogen-bond donors (Lipinski definition) is 3. The molecule has 3 N–H and O–H groups in total. The highest BCUT2D eigenvalue weighted by Gasteiger charge is 2.23. The topological polar surface area (TPSA) is 107 Å². The minimum Gasteiger partial charge on any atom is -0.393 e. The number of nitrogens with zero attached hydrogens (tertiary/aromatic N) is 4. The number of aliphatic hydroxyl groups is 2. The molecule has 1 atom stereocenters. The Bertz CT molecular complexity index is 899. The summed E-state index contributed by atoms with van der Waals surface area (Å²) in [5.41, 5.74) is 3.20. The maximum atomic E-state index is 12.6. The fourth-order valence-electron chi connectivity index (χ4n) is 3.27. The van der Waals surface area contributed by atoms with Crippen LogP contribution in [0, 0.1) is 0 Å². The van der Waals surface area contributed by atoms with E-state index in [-0.39, 0.29) is 12.5 Å². The third kappa shape index (κ3) is 3.21. The van der Waals surface area contributed by atoms with Crippen LogP contribution in [0.3, 0.4) is 0 Å². The van der Waals surface area contributed by atoms with Crippen molar-refractivity contribution < 1.29 is 15.0 Å². The van der Waals surface area contributed by atoms with Crippen molar-refractivity contribution in [1.82, 2.24) is 24.6 Å². The van der Waals surface area contributed by atoms with E-state index in [1.165, 1.54) is 0 Å². The number of aromatic nitrogens is 4. The molecule has 0 bridgehead atoms. The molecule has 0 unspecified atom stereocenters. The fraction of sp³-hybridized carbons (Fsp3) is 0.389. The van der Waals surface area contributed by atoms with Gasteiger partial charge < -0.3 is 20.1 Å². The minimum atomic E-state index is -0.981. The normalized spacial score (nSPS) is 15.2. The average Bonchev–Trinajstić information content (AvgIpc) is 3.28. The van der Waals surface area contributed by atoms with Gasteiger partial charge in [-0.25, -0.2) is 4.98 Å². The smallest absolute Gasteiger partial charge is 0.223 e. The number of imidazole rings is 1. The Morgan fingerprint density at radius 2 is 2.15 bits per heavy atom. The number of aromatic amines is 1. The second kappa shape index (κ2) is 6.89. The molecule has 8 nitrogen and oxygen atoms in total. The summed E-state index contributed by atoms with van der Waals surface area (Å²) in [6.45, 7) is 1.27. The van der Waals surface area contributed by atoms with Gasteiger partial charge in [0.15, 0.2) is 0 Å². The van der Waals surface area contributed by atoms with Crippen LogP contribution in [0.5, 0.6) is 0 Å². The van der Waals surface area contributed by atoms with Crippen LogP contribution in [0.15, 0.2) is 30.3 Å². The molecular formula is C18H21N5O3. The van der Waals surface area contributed by atoms with Gasteiger partial charge in [0.05, 0.1) is 42.1 Å². The molecule has 1 amide bonds. The molecule has 136 valence electrons. The Balaban J connectivity index is 1.39. The van der Waals surface area contributed by atoms with Gasteiger partial charge in [-0.2, -0.15) is 5.10 Å². The highest BCUT2D eigenvalue weighted by Crippen LogP contribution is 2.19. The van der Waals surface area contributed by atoms with Crippen LogP contribution in [-0.2, 0) is 24.3 Å². The lowest BCUT2D eigenvalue weighted by molar-refractivity contribution is -0.132. The summed E-state index contributed by atoms with van der Waals surface area (Å²) in [5.74, 6) is 0.886. The number of carbonyl (C=O) groups excluding carboxylic acids is 1. The molecule has 1 aliphatic heterocycles. The van der Waals surface area contributed by atoms with Gasteiger partial charge in [-0.05, 0) is 18.2 Å². The third-order valence-electron chi connectivity index (χ3n) is 4.70. The van der Waals surface area contributed by atoms with Crippen molar-refractivity contribution in [3.05, 3.63) is 47.5 Å². The first kappa shape index (κ1) is 16.7. The number of fused-ring (bicyclic) bond motifs is 2. The Hall–Kier alpha value is -2.71. The molecule has 3 heterocycles. The van der Waals surface area contributed by atoms with Crippen LogP contribution in [0.4, 0.5) is 0 Å². The molecule has 1 aliphatic rings. The van der Waals surface area contributed by atoms with Crippen molar-refractivity contribution in [3.63, 3.8) is 0 Å². The summed E-state index contributed by atoms with van der Waals surface area (Å²) in [6, 6.07) is 9.56. The van der Waals surface area contributed by atoms with E-state index in [4.69, 9.17) is 5.11 Å². The van der Waals surface area contributed by atoms with Crippen LogP contribution in [0.2, 0.25) is 0 Å². The molecule has 0 saturated heterocycles. The van der Waals surface area contributed by atoms with Gasteiger partial charge in [-0.3, -0.25) is 9.48 Å². The molecule has 0 aliphatic carbocycles. The van der Waals surface area contributed by atoms with Gasteiger partial charge >= 0.3 is 0 Å². The van der Waals surface area contributed by atoms with Crippen molar-refractivity contribution in [2.75, 3.05) is 13.2 Å². The molecule has 0 radical (unpaired) electrons. The van der Waals surface area contributed by atoms with Gasteiger partial charge in [-0.1, -0.05) is 12.1 Å². The predicted octanol–water partition coefficient (Wildman–Crippen LogP) is 0.760. The van der Waals surface area contributed by atoms with E-state index in [0.717, 1.165) is 22.6 Å². The summed E-state index contributed by atoms with van der Waals surface area (Å²) >= 11 is 0. The lowest BCUT2D eigenvalue weighted by Gasteiger charge is -2.27. The van der Waals surface area contributed by atoms with Gasteiger partial charge in [0, 0.05) is 19.4 Å². The van der Waals surface area contributed by atoms with Crippen molar-refractivity contribution in [1.29, 1.82) is 0 Å². The molecule has 4 rings (SSSR count). The second-order valence-corrected chi connectivity index (χ2v) is 6.50. The summed E-state index contributed by atoms with van der Waals surface area (Å²) in [4.78, 5) is 22.1. The maximum Gasteiger partial charge on any atom is 0.223 e. The number of aliphatic hydroxyl groups excluding tert-OH is 2. The standard InChI is InChI=1S/C18H21N5O3/c24-11-16(25)15-9-12-10-22(7-8-23(12)21-15)18(26)6-5-17-19-13-3-1-2-4-14(13)20-17/h1-4,9,16,24-25H,5-8,10-11H2,(H,19,20)/t16-/m1/s1. The third-order valence-corrected chi connectivity index (χ3v) is 4.70. The quantitative estimate of drug-likeness (QED) is 0.626. The van der Waals surface area contributed by atoms with Crippen molar-refractivity contribution in [2.24, 2.45) is 0 Å². The monoisotopic (exact) mass is 355 g/mol. The fourth-order valence-corrected chi connectivity index (χ4v) is 3.27. The first-order valence-electron chi connectivity index (χ1n) is 8.71. The highest BCUT2D eigenvalue weighted by atomic mass is 16.3. The predicted molar refractivity (Wildman–Crippen MR) is 94.1 cm³/mol. The van der Waals surface area contributed by atoms with Gasteiger partial charge in [0.25, 0.3) is 0 Å². The van der Waals surface area contributed by atoms with Gasteiger partial charge in [0.1, 0.15) is 11.9 Å². The number of amides is 1. The van der Waals surface area contributed by atoms with Crippen LogP contribution < -0.4 is 0 Å². The first-order valence-corrected chi connectivity index (χ1v) is 8.71. The zero-order valence-corrected chi connectivity index (χ0v) is 14.3. The molecule has 0 saturated carbocycles. The SMILES string of the molecule is O=C(CCc1nc2ccccc2[nH]1)N1CCn2nc([C@H](O)CO)cc2C1. The van der Waals surface area contributed by atoms with E-state index < -0.39 is 6.10 Å². The van der Waals surface area contributed by atoms with E-state index in [1.54, 1.807) is 15.6 Å². The van der Waals surface area contributed by atoms with Crippen LogP contribution in [0.1, 0.15) is 29.7 Å².